The van der Waals surface area contributed by atoms with Crippen LogP contribution in [0.3, 0.4) is 0 Å². The fraction of sp³-hybridized carbons (Fsp3) is 0. The summed E-state index contributed by atoms with van der Waals surface area (Å²) in [6.07, 6.45) is 0. The highest BCUT2D eigenvalue weighted by Crippen LogP contribution is 2.16. The molecule has 0 saturated heterocycles. The summed E-state index contributed by atoms with van der Waals surface area (Å²) >= 11 is -2.16. The van der Waals surface area contributed by atoms with Gasteiger partial charge in [-0.25, -0.2) is 4.21 Å². The Labute approximate surface area is 101 Å². The summed E-state index contributed by atoms with van der Waals surface area (Å²) in [4.78, 5) is 12.3. The minimum absolute atomic E-state index is 0.140. The second kappa shape index (κ2) is 5.03. The summed E-state index contributed by atoms with van der Waals surface area (Å²) in [5, 5.41) is 0. The van der Waals surface area contributed by atoms with Crippen LogP contribution in [0.1, 0.15) is 15.9 Å². The molecule has 1 unspecified atom stereocenters. The minimum Gasteiger partial charge on any atom is -0.302 e. The SMILES string of the molecule is O=C(c1ccccc1)c1ccccc1S(=O)O. The van der Waals surface area contributed by atoms with Gasteiger partial charge in [-0.3, -0.25) is 4.79 Å². The number of ketones is 1. The molecule has 0 radical (unpaired) electrons. The molecule has 0 aliphatic carbocycles. The summed E-state index contributed by atoms with van der Waals surface area (Å²) in [5.74, 6) is -0.247. The van der Waals surface area contributed by atoms with Crippen LogP contribution in [0.15, 0.2) is 59.5 Å². The van der Waals surface area contributed by atoms with Crippen LogP contribution >= 0.6 is 0 Å². The molecule has 2 aromatic rings. The van der Waals surface area contributed by atoms with Crippen molar-refractivity contribution in [3.8, 4) is 0 Å². The molecular formula is C13H10O3S. The third kappa shape index (κ3) is 2.49. The van der Waals surface area contributed by atoms with Crippen LogP contribution in [-0.4, -0.2) is 14.5 Å². The van der Waals surface area contributed by atoms with E-state index in [2.05, 4.69) is 0 Å². The Bertz CT molecular complexity index is 564. The molecule has 2 rings (SSSR count). The zero-order valence-electron chi connectivity index (χ0n) is 8.87. The van der Waals surface area contributed by atoms with Crippen molar-refractivity contribution in [3.63, 3.8) is 0 Å². The van der Waals surface area contributed by atoms with E-state index in [4.69, 9.17) is 4.55 Å². The predicted molar refractivity (Wildman–Crippen MR) is 65.4 cm³/mol. The van der Waals surface area contributed by atoms with Crippen LogP contribution in [0.25, 0.3) is 0 Å². The lowest BCUT2D eigenvalue weighted by molar-refractivity contribution is 0.103. The van der Waals surface area contributed by atoms with E-state index in [1.54, 1.807) is 42.5 Å². The largest absolute Gasteiger partial charge is 0.302 e. The summed E-state index contributed by atoms with van der Waals surface area (Å²) in [6.45, 7) is 0. The maximum Gasteiger partial charge on any atom is 0.194 e. The van der Waals surface area contributed by atoms with Crippen LogP contribution in [0.4, 0.5) is 0 Å². The van der Waals surface area contributed by atoms with Crippen molar-refractivity contribution in [3.05, 3.63) is 65.7 Å². The number of hydrogen-bond donors (Lipinski definition) is 1. The van der Waals surface area contributed by atoms with Gasteiger partial charge in [-0.15, -0.1) is 0 Å². The molecule has 0 heterocycles. The van der Waals surface area contributed by atoms with Crippen LogP contribution in [0, 0.1) is 0 Å². The molecule has 0 aliphatic rings. The molecule has 0 saturated carbocycles. The van der Waals surface area contributed by atoms with E-state index < -0.39 is 11.1 Å². The van der Waals surface area contributed by atoms with Gasteiger partial charge in [0.1, 0.15) is 0 Å². The van der Waals surface area contributed by atoms with E-state index in [0.717, 1.165) is 0 Å². The van der Waals surface area contributed by atoms with E-state index in [0.29, 0.717) is 5.56 Å². The van der Waals surface area contributed by atoms with Crippen LogP contribution < -0.4 is 0 Å². The number of carbonyl (C=O) groups is 1. The Morgan fingerprint density at radius 3 is 2.18 bits per heavy atom. The standard InChI is InChI=1S/C13H10O3S/c14-13(10-6-2-1-3-7-10)11-8-4-5-9-12(11)17(15)16/h1-9H,(H,15,16). The van der Waals surface area contributed by atoms with Gasteiger partial charge in [0, 0.05) is 11.1 Å². The highest BCUT2D eigenvalue weighted by molar-refractivity contribution is 7.79. The zero-order valence-corrected chi connectivity index (χ0v) is 9.68. The van der Waals surface area contributed by atoms with E-state index in [9.17, 15) is 9.00 Å². The fourth-order valence-electron chi connectivity index (χ4n) is 1.55. The molecular weight excluding hydrogens is 236 g/mol. The Morgan fingerprint density at radius 2 is 1.53 bits per heavy atom. The van der Waals surface area contributed by atoms with Crippen molar-refractivity contribution in [2.75, 3.05) is 0 Å². The second-order valence-electron chi connectivity index (χ2n) is 3.44. The first-order valence-corrected chi connectivity index (χ1v) is 6.10. The van der Waals surface area contributed by atoms with Gasteiger partial charge in [-0.1, -0.05) is 42.5 Å². The van der Waals surface area contributed by atoms with Gasteiger partial charge in [-0.2, -0.15) is 0 Å². The molecule has 3 nitrogen and oxygen atoms in total. The summed E-state index contributed by atoms with van der Waals surface area (Å²) in [5.41, 5.74) is 0.768. The van der Waals surface area contributed by atoms with Gasteiger partial charge < -0.3 is 4.55 Å². The highest BCUT2D eigenvalue weighted by Gasteiger charge is 2.15. The number of benzene rings is 2. The van der Waals surface area contributed by atoms with Crippen molar-refractivity contribution in [1.82, 2.24) is 0 Å². The first-order valence-electron chi connectivity index (χ1n) is 5.00. The normalized spacial score (nSPS) is 12.1. The molecule has 0 amide bonds. The molecule has 0 aliphatic heterocycles. The first-order chi connectivity index (χ1) is 8.20. The van der Waals surface area contributed by atoms with Crippen LogP contribution in [-0.2, 0) is 11.1 Å². The maximum absolute atomic E-state index is 12.1. The lowest BCUT2D eigenvalue weighted by Crippen LogP contribution is -2.06. The number of rotatable bonds is 3. The average molecular weight is 246 g/mol. The third-order valence-electron chi connectivity index (χ3n) is 2.36. The quantitative estimate of drug-likeness (QED) is 0.668. The lowest BCUT2D eigenvalue weighted by Gasteiger charge is -2.04. The molecule has 0 fully saturated rings. The molecule has 1 atom stereocenters. The van der Waals surface area contributed by atoms with Crippen molar-refractivity contribution in [1.29, 1.82) is 0 Å². The van der Waals surface area contributed by atoms with Crippen LogP contribution in [0.2, 0.25) is 0 Å². The van der Waals surface area contributed by atoms with Crippen molar-refractivity contribution >= 4 is 16.9 Å². The predicted octanol–water partition coefficient (Wildman–Crippen LogP) is 2.50. The molecule has 1 N–H and O–H groups in total. The van der Waals surface area contributed by atoms with Crippen molar-refractivity contribution in [2.24, 2.45) is 0 Å². The molecule has 0 spiro atoms. The Balaban J connectivity index is 2.48. The van der Waals surface area contributed by atoms with E-state index >= 15 is 0 Å². The first kappa shape index (κ1) is 11.7. The third-order valence-corrected chi connectivity index (χ3v) is 3.09. The van der Waals surface area contributed by atoms with Gasteiger partial charge in [0.2, 0.25) is 0 Å². The molecule has 2 aromatic carbocycles. The molecule has 0 bridgehead atoms. The monoisotopic (exact) mass is 246 g/mol. The molecule has 0 aromatic heterocycles. The summed E-state index contributed by atoms with van der Waals surface area (Å²) in [7, 11) is 0. The van der Waals surface area contributed by atoms with Gasteiger partial charge >= 0.3 is 0 Å². The van der Waals surface area contributed by atoms with Gasteiger partial charge in [-0.05, 0) is 12.1 Å². The van der Waals surface area contributed by atoms with Gasteiger partial charge in [0.15, 0.2) is 16.9 Å². The zero-order chi connectivity index (χ0) is 12.3. The molecule has 86 valence electrons. The molecule has 17 heavy (non-hydrogen) atoms. The Hall–Kier alpha value is -1.78. The molecule has 4 heteroatoms. The summed E-state index contributed by atoms with van der Waals surface area (Å²) < 4.78 is 20.2. The maximum atomic E-state index is 12.1. The minimum atomic E-state index is -2.16. The van der Waals surface area contributed by atoms with Gasteiger partial charge in [0.25, 0.3) is 0 Å². The summed E-state index contributed by atoms with van der Waals surface area (Å²) in [6, 6.07) is 15.0. The topological polar surface area (TPSA) is 54.4 Å². The van der Waals surface area contributed by atoms with E-state index in [1.165, 1.54) is 6.07 Å². The number of hydrogen-bond acceptors (Lipinski definition) is 2. The Kier molecular flexibility index (Phi) is 3.46. The number of carbonyl (C=O) groups excluding carboxylic acids is 1. The van der Waals surface area contributed by atoms with Gasteiger partial charge in [0.05, 0.1) is 4.90 Å². The highest BCUT2D eigenvalue weighted by atomic mass is 32.2. The second-order valence-corrected chi connectivity index (χ2v) is 4.38. The van der Waals surface area contributed by atoms with Crippen LogP contribution in [0.5, 0.6) is 0 Å². The smallest absolute Gasteiger partial charge is 0.194 e. The lowest BCUT2D eigenvalue weighted by atomic mass is 10.0. The van der Waals surface area contributed by atoms with E-state index in [1.807, 2.05) is 6.07 Å². The van der Waals surface area contributed by atoms with Crippen molar-refractivity contribution < 1.29 is 13.6 Å². The van der Waals surface area contributed by atoms with E-state index in [-0.39, 0.29) is 16.2 Å². The average Bonchev–Trinajstić information content (AvgIpc) is 2.39. The Morgan fingerprint density at radius 1 is 0.941 bits per heavy atom. The van der Waals surface area contributed by atoms with Crippen molar-refractivity contribution in [2.45, 2.75) is 4.90 Å². The fourth-order valence-corrected chi connectivity index (χ4v) is 2.10.